The average Bonchev–Trinajstić information content (AvgIpc) is 3.34. The number of fused-ring (bicyclic) bond motifs is 1. The summed E-state index contributed by atoms with van der Waals surface area (Å²) in [5, 5.41) is 9.11. The number of hydrogen-bond donors (Lipinski definition) is 0. The lowest BCUT2D eigenvalue weighted by atomic mass is 10.1. The molecule has 0 N–H and O–H groups in total. The van der Waals surface area contributed by atoms with Gasteiger partial charge < -0.3 is 9.47 Å². The molecule has 0 atom stereocenters. The molecular formula is C21H21FN2O2. The molecule has 4 rings (SSSR count). The van der Waals surface area contributed by atoms with Crippen molar-refractivity contribution in [1.82, 2.24) is 4.90 Å². The van der Waals surface area contributed by atoms with Crippen LogP contribution in [0.25, 0.3) is 0 Å². The van der Waals surface area contributed by atoms with Crippen LogP contribution in [0.1, 0.15) is 42.4 Å². The lowest BCUT2D eigenvalue weighted by molar-refractivity contribution is 0.172. The summed E-state index contributed by atoms with van der Waals surface area (Å²) in [6, 6.07) is 13.1. The van der Waals surface area contributed by atoms with E-state index >= 15 is 0 Å². The molecule has 0 radical (unpaired) electrons. The van der Waals surface area contributed by atoms with Crippen molar-refractivity contribution in [1.29, 1.82) is 5.26 Å². The summed E-state index contributed by atoms with van der Waals surface area (Å²) in [6.45, 7) is 1.48. The zero-order valence-electron chi connectivity index (χ0n) is 14.6. The van der Waals surface area contributed by atoms with Crippen LogP contribution in [0.15, 0.2) is 36.4 Å². The highest BCUT2D eigenvalue weighted by atomic mass is 19.1. The highest BCUT2D eigenvalue weighted by Gasteiger charge is 2.24. The van der Waals surface area contributed by atoms with Crippen LogP contribution in [0.3, 0.4) is 0 Å². The lowest BCUT2D eigenvalue weighted by Gasteiger charge is -2.29. The molecule has 134 valence electrons. The van der Waals surface area contributed by atoms with Crippen molar-refractivity contribution in [3.8, 4) is 17.6 Å². The highest BCUT2D eigenvalue weighted by Crippen LogP contribution is 2.34. The Morgan fingerprint density at radius 2 is 1.85 bits per heavy atom. The molecule has 1 fully saturated rings. The van der Waals surface area contributed by atoms with Crippen LogP contribution < -0.4 is 9.47 Å². The van der Waals surface area contributed by atoms with E-state index in [0.717, 1.165) is 36.4 Å². The summed E-state index contributed by atoms with van der Waals surface area (Å²) in [7, 11) is 0. The molecule has 2 aromatic rings. The minimum Gasteiger partial charge on any atom is -0.454 e. The summed E-state index contributed by atoms with van der Waals surface area (Å²) in [4.78, 5) is 2.32. The predicted molar refractivity (Wildman–Crippen MR) is 95.2 cm³/mol. The first-order valence-electron chi connectivity index (χ1n) is 9.04. The molecule has 0 amide bonds. The van der Waals surface area contributed by atoms with Gasteiger partial charge in [0, 0.05) is 24.7 Å². The Balaban J connectivity index is 1.58. The average molecular weight is 352 g/mol. The number of hydrogen-bond acceptors (Lipinski definition) is 4. The third-order valence-electron chi connectivity index (χ3n) is 5.21. The van der Waals surface area contributed by atoms with E-state index in [9.17, 15) is 4.39 Å². The van der Waals surface area contributed by atoms with Crippen LogP contribution in [-0.2, 0) is 13.1 Å². The smallest absolute Gasteiger partial charge is 0.231 e. The molecule has 26 heavy (non-hydrogen) atoms. The summed E-state index contributed by atoms with van der Waals surface area (Å²) in [5.41, 5.74) is 2.20. The molecule has 4 nitrogen and oxygen atoms in total. The van der Waals surface area contributed by atoms with E-state index in [0.29, 0.717) is 23.7 Å². The van der Waals surface area contributed by atoms with Crippen molar-refractivity contribution in [2.24, 2.45) is 0 Å². The van der Waals surface area contributed by atoms with Crippen LogP contribution in [-0.4, -0.2) is 17.7 Å². The standard InChI is InChI=1S/C21H21FN2O2/c22-19-7-5-15(11-23)9-17(19)13-24(18-3-1-2-4-18)12-16-6-8-20-21(10-16)26-14-25-20/h5-10,18H,1-4,12-14H2. The van der Waals surface area contributed by atoms with Gasteiger partial charge in [0.05, 0.1) is 11.6 Å². The zero-order chi connectivity index (χ0) is 17.9. The van der Waals surface area contributed by atoms with Gasteiger partial charge in [0.25, 0.3) is 0 Å². The second kappa shape index (κ2) is 7.35. The van der Waals surface area contributed by atoms with Gasteiger partial charge in [-0.2, -0.15) is 5.26 Å². The van der Waals surface area contributed by atoms with Crippen molar-refractivity contribution in [3.63, 3.8) is 0 Å². The monoisotopic (exact) mass is 352 g/mol. The van der Waals surface area contributed by atoms with Crippen molar-refractivity contribution >= 4 is 0 Å². The number of rotatable bonds is 5. The molecule has 1 heterocycles. The minimum atomic E-state index is -0.252. The Morgan fingerprint density at radius 3 is 2.65 bits per heavy atom. The van der Waals surface area contributed by atoms with Gasteiger partial charge in [-0.05, 0) is 48.7 Å². The first-order chi connectivity index (χ1) is 12.7. The van der Waals surface area contributed by atoms with Gasteiger partial charge in [0.1, 0.15) is 5.82 Å². The van der Waals surface area contributed by atoms with Gasteiger partial charge in [-0.15, -0.1) is 0 Å². The molecule has 0 bridgehead atoms. The Kier molecular flexibility index (Phi) is 4.77. The molecule has 1 aliphatic heterocycles. The van der Waals surface area contributed by atoms with Gasteiger partial charge in [-0.25, -0.2) is 4.39 Å². The van der Waals surface area contributed by atoms with Gasteiger partial charge in [0.15, 0.2) is 11.5 Å². The maximum absolute atomic E-state index is 14.3. The Labute approximate surface area is 152 Å². The molecule has 2 aliphatic rings. The summed E-state index contributed by atoms with van der Waals surface area (Å²) in [5.74, 6) is 1.29. The topological polar surface area (TPSA) is 45.5 Å². The van der Waals surface area contributed by atoms with Crippen LogP contribution in [0.2, 0.25) is 0 Å². The SMILES string of the molecule is N#Cc1ccc(F)c(CN(Cc2ccc3c(c2)OCO3)C2CCCC2)c1. The highest BCUT2D eigenvalue weighted by molar-refractivity contribution is 5.44. The molecule has 1 saturated carbocycles. The number of nitriles is 1. The van der Waals surface area contributed by atoms with Crippen molar-refractivity contribution in [2.45, 2.75) is 44.8 Å². The van der Waals surface area contributed by atoms with Gasteiger partial charge in [0.2, 0.25) is 6.79 Å². The predicted octanol–water partition coefficient (Wildman–Crippen LogP) is 4.37. The summed E-state index contributed by atoms with van der Waals surface area (Å²) >= 11 is 0. The quantitative estimate of drug-likeness (QED) is 0.801. The van der Waals surface area contributed by atoms with Gasteiger partial charge >= 0.3 is 0 Å². The van der Waals surface area contributed by atoms with E-state index in [1.807, 2.05) is 18.2 Å². The first-order valence-corrected chi connectivity index (χ1v) is 9.04. The number of ether oxygens (including phenoxy) is 2. The van der Waals surface area contributed by atoms with Crippen molar-refractivity contribution < 1.29 is 13.9 Å². The second-order valence-electron chi connectivity index (χ2n) is 6.95. The third kappa shape index (κ3) is 3.51. The maximum Gasteiger partial charge on any atom is 0.231 e. The molecule has 0 saturated heterocycles. The van der Waals surface area contributed by atoms with Gasteiger partial charge in [-0.3, -0.25) is 4.90 Å². The fourth-order valence-electron chi connectivity index (χ4n) is 3.84. The lowest BCUT2D eigenvalue weighted by Crippen LogP contribution is -2.32. The maximum atomic E-state index is 14.3. The van der Waals surface area contributed by atoms with E-state index in [-0.39, 0.29) is 12.6 Å². The number of nitrogens with zero attached hydrogens (tertiary/aromatic N) is 2. The van der Waals surface area contributed by atoms with Gasteiger partial charge in [-0.1, -0.05) is 18.9 Å². The molecule has 2 aromatic carbocycles. The molecule has 1 aliphatic carbocycles. The van der Waals surface area contributed by atoms with Crippen LogP contribution in [0, 0.1) is 17.1 Å². The molecule has 0 unspecified atom stereocenters. The van der Waals surface area contributed by atoms with E-state index in [2.05, 4.69) is 11.0 Å². The van der Waals surface area contributed by atoms with E-state index in [1.54, 1.807) is 6.07 Å². The van der Waals surface area contributed by atoms with E-state index < -0.39 is 0 Å². The molecule has 0 spiro atoms. The Bertz CT molecular complexity index is 840. The van der Waals surface area contributed by atoms with Crippen LogP contribution in [0.5, 0.6) is 11.5 Å². The van der Waals surface area contributed by atoms with Crippen LogP contribution in [0.4, 0.5) is 4.39 Å². The van der Waals surface area contributed by atoms with Crippen molar-refractivity contribution in [2.75, 3.05) is 6.79 Å². The first kappa shape index (κ1) is 16.9. The fourth-order valence-corrected chi connectivity index (χ4v) is 3.84. The van der Waals surface area contributed by atoms with Crippen LogP contribution >= 0.6 is 0 Å². The normalized spacial score (nSPS) is 16.2. The van der Waals surface area contributed by atoms with E-state index in [1.165, 1.54) is 25.0 Å². The largest absolute Gasteiger partial charge is 0.454 e. The fraction of sp³-hybridized carbons (Fsp3) is 0.381. The second-order valence-corrected chi connectivity index (χ2v) is 6.95. The summed E-state index contributed by atoms with van der Waals surface area (Å²) < 4.78 is 25.2. The molecule has 5 heteroatoms. The molecule has 0 aromatic heterocycles. The zero-order valence-corrected chi connectivity index (χ0v) is 14.6. The van der Waals surface area contributed by atoms with Crippen molar-refractivity contribution in [3.05, 3.63) is 58.9 Å². The molecular weight excluding hydrogens is 331 g/mol. The summed E-state index contributed by atoms with van der Waals surface area (Å²) in [6.07, 6.45) is 4.68. The Hall–Kier alpha value is -2.58. The number of halogens is 1. The minimum absolute atomic E-state index is 0.252. The number of benzene rings is 2. The Morgan fingerprint density at radius 1 is 1.04 bits per heavy atom. The van der Waals surface area contributed by atoms with E-state index in [4.69, 9.17) is 14.7 Å². The third-order valence-corrected chi connectivity index (χ3v) is 5.21.